The van der Waals surface area contributed by atoms with Crippen LogP contribution < -0.4 is 5.48 Å². The Morgan fingerprint density at radius 2 is 1.92 bits per heavy atom. The number of benzene rings is 1. The number of hydroxylamine groups is 1. The lowest BCUT2D eigenvalue weighted by atomic mass is 10.0. The number of piperidine rings is 1. The number of amides is 1. The molecule has 0 aromatic heterocycles. The van der Waals surface area contributed by atoms with Crippen LogP contribution in [0.1, 0.15) is 48.2 Å². The largest absolute Gasteiger partial charge is 0.274 e. The monoisotopic (exact) mass is 354 g/mol. The van der Waals surface area contributed by atoms with Crippen LogP contribution in [-0.4, -0.2) is 38.3 Å². The minimum Gasteiger partial charge on any atom is -0.274 e. The molecule has 0 unspecified atom stereocenters. The molecule has 0 radical (unpaired) electrons. The van der Waals surface area contributed by atoms with Crippen LogP contribution in [0.4, 0.5) is 0 Å². The van der Waals surface area contributed by atoms with Gasteiger partial charge in [0.05, 0.1) is 11.5 Å². The standard InChI is InChI=1S/C17H26N2O4S/c1-5-23-18-17(20)15-10-13(3)14(4)16(11-15)24(21,22)19-8-6-12(2)7-9-19/h10-12H,5-9H2,1-4H3,(H,18,20). The Morgan fingerprint density at radius 3 is 2.50 bits per heavy atom. The van der Waals surface area contributed by atoms with Gasteiger partial charge in [-0.05, 0) is 62.8 Å². The van der Waals surface area contributed by atoms with Crippen LogP contribution in [0.25, 0.3) is 0 Å². The fraction of sp³-hybridized carbons (Fsp3) is 0.588. The third-order valence-electron chi connectivity index (χ3n) is 4.55. The first-order valence-corrected chi connectivity index (χ1v) is 9.75. The first-order chi connectivity index (χ1) is 11.3. The Hall–Kier alpha value is -1.44. The van der Waals surface area contributed by atoms with Crippen molar-refractivity contribution in [3.8, 4) is 0 Å². The molecule has 7 heteroatoms. The number of rotatable bonds is 5. The smallest absolute Gasteiger partial charge is 0.274 e. The maximum Gasteiger partial charge on any atom is 0.274 e. The molecule has 0 atom stereocenters. The number of hydrogen-bond acceptors (Lipinski definition) is 4. The van der Waals surface area contributed by atoms with Gasteiger partial charge in [0.15, 0.2) is 0 Å². The molecule has 24 heavy (non-hydrogen) atoms. The summed E-state index contributed by atoms with van der Waals surface area (Å²) in [5, 5.41) is 0. The number of aryl methyl sites for hydroxylation is 1. The van der Waals surface area contributed by atoms with Gasteiger partial charge in [-0.25, -0.2) is 13.9 Å². The van der Waals surface area contributed by atoms with Crippen LogP contribution in [0.2, 0.25) is 0 Å². The van der Waals surface area contributed by atoms with E-state index in [4.69, 9.17) is 4.84 Å². The van der Waals surface area contributed by atoms with Crippen molar-refractivity contribution in [1.29, 1.82) is 0 Å². The van der Waals surface area contributed by atoms with Crippen molar-refractivity contribution < 1.29 is 18.0 Å². The number of hydrogen-bond donors (Lipinski definition) is 1. The Balaban J connectivity index is 2.38. The van der Waals surface area contributed by atoms with E-state index in [9.17, 15) is 13.2 Å². The van der Waals surface area contributed by atoms with E-state index in [1.165, 1.54) is 10.4 Å². The summed E-state index contributed by atoms with van der Waals surface area (Å²) in [6.07, 6.45) is 1.73. The molecule has 1 N–H and O–H groups in total. The molecule has 0 spiro atoms. The second-order valence-electron chi connectivity index (χ2n) is 6.37. The molecule has 134 valence electrons. The second-order valence-corrected chi connectivity index (χ2v) is 8.27. The molecule has 0 saturated carbocycles. The summed E-state index contributed by atoms with van der Waals surface area (Å²) in [6.45, 7) is 8.87. The molecule has 1 fully saturated rings. The molecule has 2 rings (SSSR count). The van der Waals surface area contributed by atoms with Crippen LogP contribution in [0.5, 0.6) is 0 Å². The fourth-order valence-corrected chi connectivity index (χ4v) is 4.58. The van der Waals surface area contributed by atoms with Crippen molar-refractivity contribution in [2.24, 2.45) is 5.92 Å². The number of nitrogens with zero attached hydrogens (tertiary/aromatic N) is 1. The minimum absolute atomic E-state index is 0.207. The van der Waals surface area contributed by atoms with Gasteiger partial charge in [-0.2, -0.15) is 4.31 Å². The first-order valence-electron chi connectivity index (χ1n) is 8.31. The van der Waals surface area contributed by atoms with Crippen LogP contribution >= 0.6 is 0 Å². The predicted molar refractivity (Wildman–Crippen MR) is 92.2 cm³/mol. The van der Waals surface area contributed by atoms with Gasteiger partial charge < -0.3 is 0 Å². The summed E-state index contributed by atoms with van der Waals surface area (Å²) in [5.74, 6) is 0.103. The molecular weight excluding hydrogens is 328 g/mol. The van der Waals surface area contributed by atoms with Gasteiger partial charge in [0.25, 0.3) is 5.91 Å². The average Bonchev–Trinajstić information content (AvgIpc) is 2.55. The average molecular weight is 354 g/mol. The van der Waals surface area contributed by atoms with Crippen molar-refractivity contribution in [3.63, 3.8) is 0 Å². The third-order valence-corrected chi connectivity index (χ3v) is 6.58. The summed E-state index contributed by atoms with van der Waals surface area (Å²) in [4.78, 5) is 17.2. The van der Waals surface area contributed by atoms with Crippen LogP contribution in [-0.2, 0) is 14.9 Å². The molecule has 1 aliphatic rings. The Morgan fingerprint density at radius 1 is 1.29 bits per heavy atom. The summed E-state index contributed by atoms with van der Waals surface area (Å²) >= 11 is 0. The van der Waals surface area contributed by atoms with E-state index in [-0.39, 0.29) is 10.5 Å². The van der Waals surface area contributed by atoms with Gasteiger partial charge in [-0.1, -0.05) is 6.92 Å². The molecule has 0 bridgehead atoms. The molecule has 1 aliphatic heterocycles. The lowest BCUT2D eigenvalue weighted by Gasteiger charge is -2.30. The van der Waals surface area contributed by atoms with E-state index in [0.717, 1.165) is 18.4 Å². The Bertz CT molecular complexity index is 708. The Kier molecular flexibility index (Phi) is 6.01. The molecule has 1 heterocycles. The maximum absolute atomic E-state index is 13.0. The molecular formula is C17H26N2O4S. The molecule has 1 amide bonds. The quantitative estimate of drug-likeness (QED) is 0.824. The lowest BCUT2D eigenvalue weighted by molar-refractivity contribution is 0.0364. The van der Waals surface area contributed by atoms with E-state index in [2.05, 4.69) is 12.4 Å². The zero-order valence-electron chi connectivity index (χ0n) is 14.8. The highest BCUT2D eigenvalue weighted by Gasteiger charge is 2.30. The van der Waals surface area contributed by atoms with Crippen molar-refractivity contribution in [3.05, 3.63) is 28.8 Å². The van der Waals surface area contributed by atoms with Crippen molar-refractivity contribution >= 4 is 15.9 Å². The van der Waals surface area contributed by atoms with Gasteiger partial charge in [0, 0.05) is 18.7 Å². The molecule has 6 nitrogen and oxygen atoms in total. The summed E-state index contributed by atoms with van der Waals surface area (Å²) in [7, 11) is -3.60. The summed E-state index contributed by atoms with van der Waals surface area (Å²) in [6, 6.07) is 3.13. The summed E-state index contributed by atoms with van der Waals surface area (Å²) in [5.41, 5.74) is 4.05. The Labute approximate surface area is 144 Å². The topological polar surface area (TPSA) is 75.7 Å². The molecule has 1 aromatic carbocycles. The number of nitrogens with one attached hydrogen (secondary N) is 1. The highest BCUT2D eigenvalue weighted by molar-refractivity contribution is 7.89. The van der Waals surface area contributed by atoms with E-state index in [1.54, 1.807) is 19.9 Å². The highest BCUT2D eigenvalue weighted by atomic mass is 32.2. The van der Waals surface area contributed by atoms with Gasteiger partial charge in [0.1, 0.15) is 0 Å². The van der Waals surface area contributed by atoms with Crippen molar-refractivity contribution in [2.75, 3.05) is 19.7 Å². The van der Waals surface area contributed by atoms with Gasteiger partial charge in [-0.3, -0.25) is 9.63 Å². The predicted octanol–water partition coefficient (Wildman–Crippen LogP) is 2.41. The van der Waals surface area contributed by atoms with Crippen LogP contribution in [0, 0.1) is 19.8 Å². The zero-order valence-corrected chi connectivity index (χ0v) is 15.6. The molecule has 1 aromatic rings. The van der Waals surface area contributed by atoms with Crippen LogP contribution in [0.3, 0.4) is 0 Å². The SMILES string of the molecule is CCONC(=O)c1cc(C)c(C)c(S(=O)(=O)N2CCC(C)CC2)c1. The van der Waals surface area contributed by atoms with Gasteiger partial charge >= 0.3 is 0 Å². The number of carbonyl (C=O) groups excluding carboxylic acids is 1. The highest BCUT2D eigenvalue weighted by Crippen LogP contribution is 2.28. The van der Waals surface area contributed by atoms with E-state index < -0.39 is 15.9 Å². The fourth-order valence-electron chi connectivity index (χ4n) is 2.79. The lowest BCUT2D eigenvalue weighted by Crippen LogP contribution is -2.38. The van der Waals surface area contributed by atoms with E-state index >= 15 is 0 Å². The normalized spacial score (nSPS) is 17.0. The summed E-state index contributed by atoms with van der Waals surface area (Å²) < 4.78 is 27.6. The molecule has 0 aliphatic carbocycles. The van der Waals surface area contributed by atoms with Crippen LogP contribution in [0.15, 0.2) is 17.0 Å². The first kappa shape index (κ1) is 18.9. The number of carbonyl (C=O) groups is 1. The zero-order chi connectivity index (χ0) is 17.9. The molecule has 1 saturated heterocycles. The second kappa shape index (κ2) is 7.63. The number of sulfonamides is 1. The van der Waals surface area contributed by atoms with E-state index in [0.29, 0.717) is 31.2 Å². The van der Waals surface area contributed by atoms with Crippen molar-refractivity contribution in [2.45, 2.75) is 45.4 Å². The maximum atomic E-state index is 13.0. The van der Waals surface area contributed by atoms with E-state index in [1.807, 2.05) is 6.92 Å². The third kappa shape index (κ3) is 3.96. The van der Waals surface area contributed by atoms with Gasteiger partial charge in [-0.15, -0.1) is 0 Å². The van der Waals surface area contributed by atoms with Gasteiger partial charge in [0.2, 0.25) is 10.0 Å². The minimum atomic E-state index is -3.60. The van der Waals surface area contributed by atoms with Crippen molar-refractivity contribution in [1.82, 2.24) is 9.79 Å².